The first-order chi connectivity index (χ1) is 8.27. The second-order valence-corrected chi connectivity index (χ2v) is 6.54. The Morgan fingerprint density at radius 2 is 1.94 bits per heavy atom. The van der Waals surface area contributed by atoms with Gasteiger partial charge < -0.3 is 4.55 Å². The van der Waals surface area contributed by atoms with Gasteiger partial charge in [-0.25, -0.2) is 13.2 Å². The first kappa shape index (κ1) is 15.0. The van der Waals surface area contributed by atoms with E-state index in [9.17, 15) is 17.7 Å². The van der Waals surface area contributed by atoms with Crippen LogP contribution in [0.15, 0.2) is 22.6 Å². The second-order valence-electron chi connectivity index (χ2n) is 4.63. The number of halogens is 3. The fourth-order valence-corrected chi connectivity index (χ4v) is 1.73. The molecule has 0 saturated carbocycles. The van der Waals surface area contributed by atoms with Crippen LogP contribution in [0.2, 0.25) is 0 Å². The molecule has 2 nitrogen and oxygen atoms in total. The van der Waals surface area contributed by atoms with Crippen molar-refractivity contribution in [1.29, 1.82) is 0 Å². The van der Waals surface area contributed by atoms with Crippen LogP contribution in [0.3, 0.4) is 0 Å². The lowest BCUT2D eigenvalue weighted by molar-refractivity contribution is 0.505. The number of alkyl halides is 1. The minimum absolute atomic E-state index is 0.296. The minimum atomic E-state index is -1.72. The van der Waals surface area contributed by atoms with Gasteiger partial charge in [-0.2, -0.15) is 0 Å². The van der Waals surface area contributed by atoms with Gasteiger partial charge in [0.05, 0.1) is 0 Å². The van der Waals surface area contributed by atoms with E-state index < -0.39 is 34.4 Å². The summed E-state index contributed by atoms with van der Waals surface area (Å²) in [6.07, 6.45) is 0. The molecule has 0 aromatic heterocycles. The van der Waals surface area contributed by atoms with E-state index in [2.05, 4.69) is 4.40 Å². The molecule has 0 saturated heterocycles. The Labute approximate surface area is 107 Å². The normalized spacial score (nSPS) is 14.7. The standard InChI is InChI=1S/C12H14F3NOS/c1-12(2,3)18(17)16-10(7-13)8-5-4-6-9(14)11(8)15/h4-6H,7H2,1-3H3/b16-10+. The van der Waals surface area contributed by atoms with Crippen LogP contribution in [0.5, 0.6) is 0 Å². The van der Waals surface area contributed by atoms with Gasteiger partial charge in [0.2, 0.25) is 0 Å². The number of hydrogen-bond donors (Lipinski definition) is 0. The average molecular weight is 277 g/mol. The summed E-state index contributed by atoms with van der Waals surface area (Å²) in [6, 6.07) is 3.38. The van der Waals surface area contributed by atoms with E-state index in [1.165, 1.54) is 12.1 Å². The maximum Gasteiger partial charge on any atom is 0.168 e. The van der Waals surface area contributed by atoms with E-state index in [4.69, 9.17) is 0 Å². The highest BCUT2D eigenvalue weighted by atomic mass is 32.2. The van der Waals surface area contributed by atoms with Gasteiger partial charge in [-0.1, -0.05) is 10.5 Å². The molecule has 0 aliphatic carbocycles. The van der Waals surface area contributed by atoms with Crippen molar-refractivity contribution in [2.24, 2.45) is 4.40 Å². The Kier molecular flexibility index (Phi) is 4.81. The van der Waals surface area contributed by atoms with E-state index in [1.54, 1.807) is 20.8 Å². The molecule has 0 radical (unpaired) electrons. The molecule has 0 bridgehead atoms. The Morgan fingerprint density at radius 1 is 1.33 bits per heavy atom. The molecule has 0 N–H and O–H groups in total. The lowest BCUT2D eigenvalue weighted by Gasteiger charge is -2.19. The molecule has 1 aromatic carbocycles. The molecule has 0 fully saturated rings. The molecule has 1 unspecified atom stereocenters. The second kappa shape index (κ2) is 5.75. The van der Waals surface area contributed by atoms with Gasteiger partial charge in [0, 0.05) is 5.56 Å². The molecule has 1 atom stereocenters. The van der Waals surface area contributed by atoms with Gasteiger partial charge in [-0.05, 0) is 32.9 Å². The Balaban J connectivity index is 3.18. The minimum Gasteiger partial charge on any atom is -0.591 e. The van der Waals surface area contributed by atoms with Crippen molar-refractivity contribution in [1.82, 2.24) is 0 Å². The van der Waals surface area contributed by atoms with Gasteiger partial charge in [0.15, 0.2) is 11.6 Å². The smallest absolute Gasteiger partial charge is 0.168 e. The maximum atomic E-state index is 13.5. The lowest BCUT2D eigenvalue weighted by atomic mass is 10.1. The maximum absolute atomic E-state index is 13.5. The van der Waals surface area contributed by atoms with Crippen LogP contribution in [0.4, 0.5) is 13.2 Å². The van der Waals surface area contributed by atoms with E-state index in [0.29, 0.717) is 0 Å². The van der Waals surface area contributed by atoms with Crippen molar-refractivity contribution in [3.63, 3.8) is 0 Å². The fourth-order valence-electron chi connectivity index (χ4n) is 1.11. The van der Waals surface area contributed by atoms with Gasteiger partial charge >= 0.3 is 0 Å². The highest BCUT2D eigenvalue weighted by Gasteiger charge is 2.28. The topological polar surface area (TPSA) is 35.4 Å². The highest BCUT2D eigenvalue weighted by Crippen LogP contribution is 2.20. The van der Waals surface area contributed by atoms with Crippen LogP contribution in [0.25, 0.3) is 0 Å². The van der Waals surface area contributed by atoms with Crippen LogP contribution < -0.4 is 0 Å². The molecule has 1 aromatic rings. The quantitative estimate of drug-likeness (QED) is 0.617. The molecular weight excluding hydrogens is 263 g/mol. The Morgan fingerprint density at radius 3 is 2.44 bits per heavy atom. The van der Waals surface area contributed by atoms with E-state index in [0.717, 1.165) is 6.07 Å². The molecule has 18 heavy (non-hydrogen) atoms. The zero-order valence-corrected chi connectivity index (χ0v) is 11.2. The highest BCUT2D eigenvalue weighted by molar-refractivity contribution is 7.91. The zero-order valence-electron chi connectivity index (χ0n) is 10.3. The number of benzene rings is 1. The molecule has 0 amide bonds. The van der Waals surface area contributed by atoms with Crippen molar-refractivity contribution in [3.05, 3.63) is 35.4 Å². The third kappa shape index (κ3) is 3.49. The SMILES string of the molecule is CC(C)(C)[S+]([O-])/N=C(\CF)c1cccc(F)c1F. The fraction of sp³-hybridized carbons (Fsp3) is 0.417. The van der Waals surface area contributed by atoms with Gasteiger partial charge in [-0.3, -0.25) is 0 Å². The monoisotopic (exact) mass is 277 g/mol. The lowest BCUT2D eigenvalue weighted by Crippen LogP contribution is -2.27. The number of hydrogen-bond acceptors (Lipinski definition) is 2. The number of rotatable bonds is 3. The molecule has 0 aliphatic rings. The summed E-state index contributed by atoms with van der Waals surface area (Å²) in [5.41, 5.74) is -0.643. The zero-order chi connectivity index (χ0) is 13.9. The Bertz CT molecular complexity index is 457. The molecular formula is C12H14F3NOS. The summed E-state index contributed by atoms with van der Waals surface area (Å²) in [4.78, 5) is 0. The number of nitrogens with zero attached hydrogens (tertiary/aromatic N) is 1. The van der Waals surface area contributed by atoms with Crippen LogP contribution in [0.1, 0.15) is 26.3 Å². The van der Waals surface area contributed by atoms with Crippen molar-refractivity contribution in [2.75, 3.05) is 6.67 Å². The van der Waals surface area contributed by atoms with Crippen LogP contribution >= 0.6 is 0 Å². The Hall–Kier alpha value is -1.01. The van der Waals surface area contributed by atoms with Gasteiger partial charge in [-0.15, -0.1) is 0 Å². The summed E-state index contributed by atoms with van der Waals surface area (Å²) >= 11 is -1.72. The third-order valence-corrected chi connectivity index (χ3v) is 3.54. The van der Waals surface area contributed by atoms with Gasteiger partial charge in [0.1, 0.15) is 28.5 Å². The summed E-state index contributed by atoms with van der Waals surface area (Å²) in [5.74, 6) is -2.27. The molecule has 100 valence electrons. The predicted octanol–water partition coefficient (Wildman–Crippen LogP) is 3.19. The molecule has 6 heteroatoms. The average Bonchev–Trinajstić information content (AvgIpc) is 2.28. The van der Waals surface area contributed by atoms with E-state index >= 15 is 0 Å². The van der Waals surface area contributed by atoms with E-state index in [-0.39, 0.29) is 11.3 Å². The predicted molar refractivity (Wildman–Crippen MR) is 66.8 cm³/mol. The summed E-state index contributed by atoms with van der Waals surface area (Å²) < 4.78 is 54.0. The molecule has 0 spiro atoms. The summed E-state index contributed by atoms with van der Waals surface area (Å²) in [5, 5.41) is 0. The molecule has 1 rings (SSSR count). The first-order valence-electron chi connectivity index (χ1n) is 5.27. The first-order valence-corrected chi connectivity index (χ1v) is 6.38. The van der Waals surface area contributed by atoms with Crippen LogP contribution in [-0.4, -0.2) is 21.7 Å². The van der Waals surface area contributed by atoms with Crippen LogP contribution in [0, 0.1) is 11.6 Å². The summed E-state index contributed by atoms with van der Waals surface area (Å²) in [7, 11) is 0. The van der Waals surface area contributed by atoms with Crippen molar-refractivity contribution < 1.29 is 17.7 Å². The third-order valence-electron chi connectivity index (χ3n) is 2.11. The van der Waals surface area contributed by atoms with Gasteiger partial charge in [0.25, 0.3) is 0 Å². The van der Waals surface area contributed by atoms with Crippen molar-refractivity contribution in [3.8, 4) is 0 Å². The summed E-state index contributed by atoms with van der Waals surface area (Å²) in [6.45, 7) is 3.86. The van der Waals surface area contributed by atoms with E-state index in [1.807, 2.05) is 0 Å². The van der Waals surface area contributed by atoms with Crippen LogP contribution in [-0.2, 0) is 11.4 Å². The largest absolute Gasteiger partial charge is 0.591 e. The van der Waals surface area contributed by atoms with Crippen molar-refractivity contribution >= 4 is 17.1 Å². The molecule has 0 aliphatic heterocycles. The molecule has 0 heterocycles. The van der Waals surface area contributed by atoms with Crippen molar-refractivity contribution in [2.45, 2.75) is 25.5 Å².